The lowest BCUT2D eigenvalue weighted by Gasteiger charge is -2.12. The maximum Gasteiger partial charge on any atom is 0.159 e. The molecule has 0 saturated heterocycles. The van der Waals surface area contributed by atoms with E-state index in [4.69, 9.17) is 5.73 Å². The van der Waals surface area contributed by atoms with E-state index in [-0.39, 0.29) is 12.4 Å². The summed E-state index contributed by atoms with van der Waals surface area (Å²) in [7, 11) is 0. The van der Waals surface area contributed by atoms with Crippen LogP contribution in [-0.2, 0) is 6.54 Å². The predicted molar refractivity (Wildman–Crippen MR) is 118 cm³/mol. The second kappa shape index (κ2) is 9.06. The average molecular weight is 428 g/mol. The minimum atomic E-state index is -0.820. The molecule has 0 fully saturated rings. The molecule has 3 N–H and O–H groups in total. The molecule has 8 heteroatoms. The molecule has 2 aromatic heterocycles. The van der Waals surface area contributed by atoms with E-state index in [1.54, 1.807) is 30.6 Å². The number of nitriles is 1. The summed E-state index contributed by atoms with van der Waals surface area (Å²) in [6.45, 7) is 2.38. The highest BCUT2D eigenvalue weighted by molar-refractivity contribution is 5.63. The third-order valence-electron chi connectivity index (χ3n) is 5.19. The number of hydrogen-bond donors (Lipinski definition) is 2. The Labute approximate surface area is 184 Å². The number of rotatable bonds is 6. The van der Waals surface area contributed by atoms with E-state index >= 15 is 0 Å². The standard InChI is InChI=1S/C24H21FN6O/c1-15-30-22(17-3-2-4-20(25)8-17)14-31(15)13-18-7-16(9-26)5-6-21(18)24-28-11-19(12-29-24)23(32)10-27/h2-8,11-12,14,23,32H,10,13,27H2,1H3. The van der Waals surface area contributed by atoms with E-state index in [1.807, 2.05) is 29.8 Å². The highest BCUT2D eigenvalue weighted by Gasteiger charge is 2.14. The zero-order valence-electron chi connectivity index (χ0n) is 17.4. The maximum atomic E-state index is 13.6. The van der Waals surface area contributed by atoms with Crippen LogP contribution in [0.4, 0.5) is 4.39 Å². The van der Waals surface area contributed by atoms with Gasteiger partial charge in [0.05, 0.1) is 23.4 Å². The molecule has 0 aliphatic heterocycles. The number of halogens is 1. The molecule has 7 nitrogen and oxygen atoms in total. The summed E-state index contributed by atoms with van der Waals surface area (Å²) in [6, 6.07) is 13.8. The second-order valence-electron chi connectivity index (χ2n) is 7.39. The lowest BCUT2D eigenvalue weighted by molar-refractivity contribution is 0.186. The summed E-state index contributed by atoms with van der Waals surface area (Å²) in [5, 5.41) is 19.2. The van der Waals surface area contributed by atoms with Gasteiger partial charge in [0.2, 0.25) is 0 Å². The van der Waals surface area contributed by atoms with Gasteiger partial charge in [-0.3, -0.25) is 0 Å². The topological polar surface area (TPSA) is 114 Å². The normalized spacial score (nSPS) is 11.8. The molecule has 4 rings (SSSR count). The first kappa shape index (κ1) is 21.3. The fraction of sp³-hybridized carbons (Fsp3) is 0.167. The number of aliphatic hydroxyl groups excluding tert-OH is 1. The van der Waals surface area contributed by atoms with Gasteiger partial charge in [0.15, 0.2) is 5.82 Å². The van der Waals surface area contributed by atoms with Gasteiger partial charge >= 0.3 is 0 Å². The highest BCUT2D eigenvalue weighted by Crippen LogP contribution is 2.25. The smallest absolute Gasteiger partial charge is 0.159 e. The number of nitrogens with zero attached hydrogens (tertiary/aromatic N) is 5. The fourth-order valence-electron chi connectivity index (χ4n) is 3.44. The molecule has 2 aromatic carbocycles. The van der Waals surface area contributed by atoms with Gasteiger partial charge in [-0.25, -0.2) is 19.3 Å². The van der Waals surface area contributed by atoms with Crippen LogP contribution in [0.5, 0.6) is 0 Å². The number of benzene rings is 2. The fourth-order valence-corrected chi connectivity index (χ4v) is 3.44. The first-order valence-electron chi connectivity index (χ1n) is 10.0. The van der Waals surface area contributed by atoms with Crippen molar-refractivity contribution in [3.8, 4) is 28.7 Å². The maximum absolute atomic E-state index is 13.6. The van der Waals surface area contributed by atoms with E-state index in [0.717, 1.165) is 17.0 Å². The Hall–Kier alpha value is -3.93. The summed E-state index contributed by atoms with van der Waals surface area (Å²) in [6.07, 6.45) is 4.13. The van der Waals surface area contributed by atoms with Gasteiger partial charge < -0.3 is 15.4 Å². The van der Waals surface area contributed by atoms with Gasteiger partial charge in [0.25, 0.3) is 0 Å². The van der Waals surface area contributed by atoms with Crippen LogP contribution in [0.25, 0.3) is 22.6 Å². The molecule has 1 unspecified atom stereocenters. The highest BCUT2D eigenvalue weighted by atomic mass is 19.1. The van der Waals surface area contributed by atoms with Crippen LogP contribution in [-0.4, -0.2) is 31.2 Å². The molecule has 4 aromatic rings. The third-order valence-corrected chi connectivity index (χ3v) is 5.19. The quantitative estimate of drug-likeness (QED) is 0.487. The Morgan fingerprint density at radius 1 is 1.19 bits per heavy atom. The van der Waals surface area contributed by atoms with Crippen molar-refractivity contribution in [2.45, 2.75) is 19.6 Å². The SMILES string of the molecule is Cc1nc(-c2cccc(F)c2)cn1Cc1cc(C#N)ccc1-c1ncc(C(O)CN)cn1. The van der Waals surface area contributed by atoms with E-state index in [0.29, 0.717) is 34.8 Å². The molecule has 32 heavy (non-hydrogen) atoms. The van der Waals surface area contributed by atoms with E-state index in [2.05, 4.69) is 21.0 Å². The van der Waals surface area contributed by atoms with Gasteiger partial charge in [-0.15, -0.1) is 0 Å². The molecule has 2 heterocycles. The summed E-state index contributed by atoms with van der Waals surface area (Å²) >= 11 is 0. The number of aliphatic hydroxyl groups is 1. The summed E-state index contributed by atoms with van der Waals surface area (Å²) < 4.78 is 15.6. The minimum Gasteiger partial charge on any atom is -0.387 e. The Balaban J connectivity index is 1.71. The van der Waals surface area contributed by atoms with Crippen LogP contribution in [0.3, 0.4) is 0 Å². The Bertz CT molecular complexity index is 1290. The van der Waals surface area contributed by atoms with Crippen LogP contribution in [0.15, 0.2) is 61.1 Å². The molecule has 0 bridgehead atoms. The van der Waals surface area contributed by atoms with Crippen LogP contribution < -0.4 is 5.73 Å². The molecular formula is C24H21FN6O. The molecule has 0 spiro atoms. The van der Waals surface area contributed by atoms with Crippen molar-refractivity contribution >= 4 is 0 Å². The second-order valence-corrected chi connectivity index (χ2v) is 7.39. The average Bonchev–Trinajstić information content (AvgIpc) is 3.18. The number of imidazole rings is 1. The van der Waals surface area contributed by atoms with Crippen LogP contribution in [0.2, 0.25) is 0 Å². The van der Waals surface area contributed by atoms with E-state index in [9.17, 15) is 14.8 Å². The molecule has 0 aliphatic carbocycles. The molecular weight excluding hydrogens is 407 g/mol. The van der Waals surface area contributed by atoms with Gasteiger partial charge in [-0.2, -0.15) is 5.26 Å². The number of nitrogens with two attached hydrogens (primary N) is 1. The Morgan fingerprint density at radius 3 is 2.66 bits per heavy atom. The van der Waals surface area contributed by atoms with Crippen LogP contribution in [0.1, 0.15) is 28.6 Å². The molecule has 1 atom stereocenters. The number of aromatic nitrogens is 4. The first-order valence-corrected chi connectivity index (χ1v) is 10.0. The summed E-state index contributed by atoms with van der Waals surface area (Å²) in [4.78, 5) is 13.3. The monoisotopic (exact) mass is 428 g/mol. The molecule has 0 radical (unpaired) electrons. The van der Waals surface area contributed by atoms with Gasteiger partial charge in [0.1, 0.15) is 11.6 Å². The van der Waals surface area contributed by atoms with Gasteiger partial charge in [-0.1, -0.05) is 12.1 Å². The van der Waals surface area contributed by atoms with E-state index < -0.39 is 6.10 Å². The van der Waals surface area contributed by atoms with Crippen molar-refractivity contribution in [2.24, 2.45) is 5.73 Å². The minimum absolute atomic E-state index is 0.0817. The first-order chi connectivity index (χ1) is 15.5. The molecule has 160 valence electrons. The van der Waals surface area contributed by atoms with Crippen molar-refractivity contribution < 1.29 is 9.50 Å². The van der Waals surface area contributed by atoms with Crippen molar-refractivity contribution in [1.82, 2.24) is 19.5 Å². The summed E-state index contributed by atoms with van der Waals surface area (Å²) in [5.41, 5.74) is 9.50. The zero-order chi connectivity index (χ0) is 22.7. The lowest BCUT2D eigenvalue weighted by Crippen LogP contribution is -2.12. The number of aryl methyl sites for hydroxylation is 1. The van der Waals surface area contributed by atoms with Gasteiger partial charge in [0, 0.05) is 48.4 Å². The number of hydrogen-bond acceptors (Lipinski definition) is 6. The van der Waals surface area contributed by atoms with Crippen LogP contribution in [0, 0.1) is 24.1 Å². The van der Waals surface area contributed by atoms with Crippen molar-refractivity contribution in [3.05, 3.63) is 89.4 Å². The molecule has 0 amide bonds. The Morgan fingerprint density at radius 2 is 1.97 bits per heavy atom. The zero-order valence-corrected chi connectivity index (χ0v) is 17.4. The van der Waals surface area contributed by atoms with Crippen molar-refractivity contribution in [2.75, 3.05) is 6.54 Å². The largest absolute Gasteiger partial charge is 0.387 e. The molecule has 0 aliphatic rings. The Kier molecular flexibility index (Phi) is 6.03. The molecule has 0 saturated carbocycles. The van der Waals surface area contributed by atoms with E-state index in [1.165, 1.54) is 12.1 Å². The lowest BCUT2D eigenvalue weighted by atomic mass is 10.0. The summed E-state index contributed by atoms with van der Waals surface area (Å²) in [5.74, 6) is 0.902. The van der Waals surface area contributed by atoms with Crippen molar-refractivity contribution in [1.29, 1.82) is 5.26 Å². The van der Waals surface area contributed by atoms with Crippen LogP contribution >= 0.6 is 0 Å². The third kappa shape index (κ3) is 4.39. The van der Waals surface area contributed by atoms with Crippen molar-refractivity contribution in [3.63, 3.8) is 0 Å². The predicted octanol–water partition coefficient (Wildman–Crippen LogP) is 3.37. The van der Waals surface area contributed by atoms with Gasteiger partial charge in [-0.05, 0) is 42.8 Å².